The molecule has 1 N–H and O–H groups in total. The number of aromatic nitrogens is 2. The molecule has 0 saturated heterocycles. The normalized spacial score (nSPS) is 12.1. The van der Waals surface area contributed by atoms with Crippen LogP contribution in [-0.4, -0.2) is 15.7 Å². The largest absolute Gasteiger partial charge is 0.345 e. The van der Waals surface area contributed by atoms with Gasteiger partial charge in [-0.15, -0.1) is 0 Å². The van der Waals surface area contributed by atoms with Crippen LogP contribution in [0, 0.1) is 0 Å². The smallest absolute Gasteiger partial charge is 0.226 e. The quantitative estimate of drug-likeness (QED) is 0.768. The number of nitrogens with one attached hydrogen (secondary N) is 1. The molecule has 2 aromatic heterocycles. The highest BCUT2D eigenvalue weighted by atomic mass is 35.5. The third kappa shape index (κ3) is 4.00. The van der Waals surface area contributed by atoms with Gasteiger partial charge < -0.3 is 5.32 Å². The summed E-state index contributed by atoms with van der Waals surface area (Å²) in [6.45, 7) is 0. The Morgan fingerprint density at radius 1 is 1.26 bits per heavy atom. The van der Waals surface area contributed by atoms with E-state index < -0.39 is 0 Å². The van der Waals surface area contributed by atoms with Crippen LogP contribution in [-0.2, 0) is 18.3 Å². The zero-order valence-corrected chi connectivity index (χ0v) is 14.1. The van der Waals surface area contributed by atoms with Gasteiger partial charge in [-0.05, 0) is 46.2 Å². The van der Waals surface area contributed by atoms with Crippen molar-refractivity contribution in [3.8, 4) is 0 Å². The van der Waals surface area contributed by atoms with Crippen LogP contribution in [0.5, 0.6) is 0 Å². The predicted octanol–water partition coefficient (Wildman–Crippen LogP) is 3.58. The highest BCUT2D eigenvalue weighted by Crippen LogP contribution is 2.25. The molecule has 2 heterocycles. The van der Waals surface area contributed by atoms with Gasteiger partial charge in [0.25, 0.3) is 0 Å². The van der Waals surface area contributed by atoms with Crippen LogP contribution in [0.4, 0.5) is 0 Å². The SMILES string of the molecule is Cn1ccc(CC(=O)N[C@H](c2ccc(Cl)cc2)c2ccsc2)n1. The lowest BCUT2D eigenvalue weighted by atomic mass is 10.0. The van der Waals surface area contributed by atoms with Crippen molar-refractivity contribution in [2.45, 2.75) is 12.5 Å². The average molecular weight is 346 g/mol. The van der Waals surface area contributed by atoms with Crippen molar-refractivity contribution in [1.29, 1.82) is 0 Å². The van der Waals surface area contributed by atoms with E-state index in [9.17, 15) is 4.79 Å². The number of rotatable bonds is 5. The Morgan fingerprint density at radius 3 is 2.65 bits per heavy atom. The maximum absolute atomic E-state index is 12.4. The lowest BCUT2D eigenvalue weighted by Gasteiger charge is -2.18. The minimum absolute atomic E-state index is 0.0603. The summed E-state index contributed by atoms with van der Waals surface area (Å²) in [4.78, 5) is 12.4. The molecule has 1 amide bonds. The molecule has 3 rings (SSSR count). The molecule has 23 heavy (non-hydrogen) atoms. The Bertz CT molecular complexity index is 781. The topological polar surface area (TPSA) is 46.9 Å². The number of nitrogens with zero attached hydrogens (tertiary/aromatic N) is 2. The molecule has 0 saturated carbocycles. The molecule has 0 aliphatic rings. The lowest BCUT2D eigenvalue weighted by molar-refractivity contribution is -0.121. The van der Waals surface area contributed by atoms with Gasteiger partial charge in [-0.2, -0.15) is 16.4 Å². The molecule has 6 heteroatoms. The highest BCUT2D eigenvalue weighted by Gasteiger charge is 2.18. The monoisotopic (exact) mass is 345 g/mol. The number of halogens is 1. The van der Waals surface area contributed by atoms with Gasteiger partial charge >= 0.3 is 0 Å². The van der Waals surface area contributed by atoms with Crippen molar-refractivity contribution in [1.82, 2.24) is 15.1 Å². The van der Waals surface area contributed by atoms with Crippen molar-refractivity contribution in [2.24, 2.45) is 7.05 Å². The third-order valence-electron chi connectivity index (χ3n) is 3.50. The van der Waals surface area contributed by atoms with Crippen molar-refractivity contribution < 1.29 is 4.79 Å². The molecule has 1 aromatic carbocycles. The third-order valence-corrected chi connectivity index (χ3v) is 4.45. The average Bonchev–Trinajstić information content (AvgIpc) is 3.18. The first-order valence-corrected chi connectivity index (χ1v) is 8.49. The Morgan fingerprint density at radius 2 is 2.04 bits per heavy atom. The molecule has 0 spiro atoms. The minimum atomic E-state index is -0.185. The van der Waals surface area contributed by atoms with Crippen LogP contribution in [0.2, 0.25) is 5.02 Å². The number of thiophene rings is 1. The van der Waals surface area contributed by atoms with E-state index in [1.54, 1.807) is 16.0 Å². The van der Waals surface area contributed by atoms with Crippen LogP contribution in [0.3, 0.4) is 0 Å². The number of hydrogen-bond donors (Lipinski definition) is 1. The maximum Gasteiger partial charge on any atom is 0.226 e. The van der Waals surface area contributed by atoms with E-state index in [2.05, 4.69) is 10.4 Å². The molecule has 3 aromatic rings. The molecule has 118 valence electrons. The first-order valence-electron chi connectivity index (χ1n) is 7.17. The van der Waals surface area contributed by atoms with Gasteiger partial charge in [0.1, 0.15) is 0 Å². The Kier molecular flexibility index (Phi) is 4.79. The van der Waals surface area contributed by atoms with Gasteiger partial charge in [0.2, 0.25) is 5.91 Å². The first kappa shape index (κ1) is 15.8. The van der Waals surface area contributed by atoms with Gasteiger partial charge in [0, 0.05) is 18.3 Å². The summed E-state index contributed by atoms with van der Waals surface area (Å²) >= 11 is 7.57. The van der Waals surface area contributed by atoms with E-state index in [1.165, 1.54) is 0 Å². The Labute approximate surface area is 143 Å². The molecule has 0 unspecified atom stereocenters. The second-order valence-electron chi connectivity index (χ2n) is 5.27. The van der Waals surface area contributed by atoms with Gasteiger partial charge in [-0.3, -0.25) is 9.48 Å². The van der Waals surface area contributed by atoms with Crippen LogP contribution in [0.15, 0.2) is 53.4 Å². The first-order chi connectivity index (χ1) is 11.1. The fourth-order valence-corrected chi connectivity index (χ4v) is 3.20. The van der Waals surface area contributed by atoms with Crippen LogP contribution >= 0.6 is 22.9 Å². The van der Waals surface area contributed by atoms with Crippen molar-refractivity contribution in [2.75, 3.05) is 0 Å². The van der Waals surface area contributed by atoms with Gasteiger partial charge in [-0.25, -0.2) is 0 Å². The zero-order valence-electron chi connectivity index (χ0n) is 12.6. The second kappa shape index (κ2) is 6.98. The summed E-state index contributed by atoms with van der Waals surface area (Å²) in [7, 11) is 1.84. The number of amides is 1. The van der Waals surface area contributed by atoms with E-state index in [0.717, 1.165) is 16.8 Å². The number of carbonyl (C=O) groups is 1. The summed E-state index contributed by atoms with van der Waals surface area (Å²) in [5, 5.41) is 12.1. The molecule has 4 nitrogen and oxygen atoms in total. The fraction of sp³-hybridized carbons (Fsp3) is 0.176. The lowest BCUT2D eigenvalue weighted by Crippen LogP contribution is -2.30. The van der Waals surface area contributed by atoms with Gasteiger partial charge in [0.05, 0.1) is 18.2 Å². The standard InChI is InChI=1S/C17H16ClN3OS/c1-21-8-6-15(20-21)10-16(22)19-17(13-7-9-23-11-13)12-2-4-14(18)5-3-12/h2-9,11,17H,10H2,1H3,(H,19,22)/t17-/m1/s1. The maximum atomic E-state index is 12.4. The molecule has 0 bridgehead atoms. The van der Waals surface area contributed by atoms with E-state index in [-0.39, 0.29) is 18.4 Å². The van der Waals surface area contributed by atoms with E-state index >= 15 is 0 Å². The zero-order chi connectivity index (χ0) is 16.2. The second-order valence-corrected chi connectivity index (χ2v) is 6.48. The summed E-state index contributed by atoms with van der Waals surface area (Å²) in [6, 6.07) is 11.2. The number of benzene rings is 1. The Balaban J connectivity index is 1.78. The predicted molar refractivity (Wildman–Crippen MR) is 92.7 cm³/mol. The van der Waals surface area contributed by atoms with Crippen LogP contribution < -0.4 is 5.32 Å². The van der Waals surface area contributed by atoms with Crippen LogP contribution in [0.1, 0.15) is 22.9 Å². The summed E-state index contributed by atoms with van der Waals surface area (Å²) < 4.78 is 1.69. The number of hydrogen-bond acceptors (Lipinski definition) is 3. The number of aryl methyl sites for hydroxylation is 1. The molecule has 0 aliphatic carbocycles. The minimum Gasteiger partial charge on any atom is -0.345 e. The van der Waals surface area contributed by atoms with Crippen LogP contribution in [0.25, 0.3) is 0 Å². The molecular formula is C17H16ClN3OS. The Hall–Kier alpha value is -2.11. The summed E-state index contributed by atoms with van der Waals surface area (Å²) in [6.07, 6.45) is 2.09. The highest BCUT2D eigenvalue weighted by molar-refractivity contribution is 7.08. The molecule has 0 aliphatic heterocycles. The van der Waals surface area contributed by atoms with Crippen molar-refractivity contribution in [3.05, 3.63) is 75.2 Å². The van der Waals surface area contributed by atoms with E-state index in [1.807, 2.05) is 60.4 Å². The van der Waals surface area contributed by atoms with Gasteiger partial charge in [0.15, 0.2) is 0 Å². The summed E-state index contributed by atoms with van der Waals surface area (Å²) in [5.74, 6) is -0.0603. The molecule has 1 atom stereocenters. The van der Waals surface area contributed by atoms with Crippen molar-refractivity contribution >= 4 is 28.8 Å². The van der Waals surface area contributed by atoms with Gasteiger partial charge in [-0.1, -0.05) is 23.7 Å². The number of carbonyl (C=O) groups excluding carboxylic acids is 1. The fourth-order valence-electron chi connectivity index (χ4n) is 2.39. The summed E-state index contributed by atoms with van der Waals surface area (Å²) in [5.41, 5.74) is 2.82. The molecule has 0 fully saturated rings. The molecule has 0 radical (unpaired) electrons. The van der Waals surface area contributed by atoms with Crippen molar-refractivity contribution in [3.63, 3.8) is 0 Å². The molecular weight excluding hydrogens is 330 g/mol. The van der Waals surface area contributed by atoms with E-state index in [4.69, 9.17) is 11.6 Å². The van der Waals surface area contributed by atoms with E-state index in [0.29, 0.717) is 5.02 Å².